The molecule has 0 bridgehead atoms. The number of methoxy groups -OCH3 is 3. The molecule has 1 amide bonds. The second kappa shape index (κ2) is 10.5. The molecule has 7 nitrogen and oxygen atoms in total. The van der Waals surface area contributed by atoms with Gasteiger partial charge >= 0.3 is 5.97 Å². The fraction of sp³-hybridized carbons (Fsp3) is 0.259. The average molecular weight is 480 g/mol. The van der Waals surface area contributed by atoms with Crippen molar-refractivity contribution in [1.29, 1.82) is 0 Å². The molecule has 0 aliphatic carbocycles. The van der Waals surface area contributed by atoms with Crippen molar-refractivity contribution < 1.29 is 32.9 Å². The lowest BCUT2D eigenvalue weighted by molar-refractivity contribution is 0.0579. The van der Waals surface area contributed by atoms with Crippen LogP contribution in [0.2, 0.25) is 0 Å². The molecule has 0 N–H and O–H groups in total. The van der Waals surface area contributed by atoms with Crippen molar-refractivity contribution in [2.24, 2.45) is 0 Å². The summed E-state index contributed by atoms with van der Waals surface area (Å²) in [5.74, 6) is 0.202. The van der Waals surface area contributed by atoms with Crippen LogP contribution in [0.5, 0.6) is 17.2 Å². The lowest BCUT2D eigenvalue weighted by Gasteiger charge is -2.37. The van der Waals surface area contributed by atoms with Crippen LogP contribution in [-0.2, 0) is 11.2 Å². The van der Waals surface area contributed by atoms with E-state index >= 15 is 0 Å². The molecule has 0 saturated carbocycles. The fourth-order valence-corrected chi connectivity index (χ4v) is 4.22. The first-order valence-electron chi connectivity index (χ1n) is 11.1. The van der Waals surface area contributed by atoms with Crippen molar-refractivity contribution in [2.45, 2.75) is 12.5 Å². The Kier molecular flexibility index (Phi) is 7.19. The number of carbonyl (C=O) groups excluding carboxylic acids is 2. The molecule has 1 atom stereocenters. The Bertz CT molecular complexity index is 1230. The van der Waals surface area contributed by atoms with Gasteiger partial charge in [0.25, 0.3) is 5.91 Å². The van der Waals surface area contributed by atoms with Gasteiger partial charge in [0.2, 0.25) is 0 Å². The van der Waals surface area contributed by atoms with E-state index in [0.717, 1.165) is 11.1 Å². The summed E-state index contributed by atoms with van der Waals surface area (Å²) in [5.41, 5.74) is 2.24. The summed E-state index contributed by atoms with van der Waals surface area (Å²) < 4.78 is 36.2. The maximum absolute atomic E-state index is 14.5. The average Bonchev–Trinajstić information content (AvgIpc) is 2.90. The van der Waals surface area contributed by atoms with Crippen LogP contribution in [0.25, 0.3) is 0 Å². The van der Waals surface area contributed by atoms with Gasteiger partial charge in [0.1, 0.15) is 18.2 Å². The fourth-order valence-electron chi connectivity index (χ4n) is 4.22. The molecule has 1 aliphatic heterocycles. The number of carbonyl (C=O) groups is 2. The lowest BCUT2D eigenvalue weighted by Crippen LogP contribution is -2.43. The minimum absolute atomic E-state index is 0.00357. The molecule has 0 unspecified atom stereocenters. The Labute approximate surface area is 203 Å². The maximum atomic E-state index is 14.5. The van der Waals surface area contributed by atoms with Crippen LogP contribution >= 0.6 is 0 Å². The third kappa shape index (κ3) is 4.91. The molecule has 8 heteroatoms. The van der Waals surface area contributed by atoms with Crippen LogP contribution in [0.15, 0.2) is 60.7 Å². The molecule has 4 rings (SSSR count). The molecule has 1 heterocycles. The van der Waals surface area contributed by atoms with Gasteiger partial charge in [-0.1, -0.05) is 12.1 Å². The highest BCUT2D eigenvalue weighted by Crippen LogP contribution is 2.39. The van der Waals surface area contributed by atoms with E-state index in [1.165, 1.54) is 19.2 Å². The molecule has 0 spiro atoms. The molecule has 0 fully saturated rings. The Morgan fingerprint density at radius 2 is 1.66 bits per heavy atom. The molecular weight excluding hydrogens is 453 g/mol. The van der Waals surface area contributed by atoms with Gasteiger partial charge in [0.05, 0.1) is 38.5 Å². The zero-order chi connectivity index (χ0) is 24.9. The van der Waals surface area contributed by atoms with Gasteiger partial charge in [-0.05, 0) is 66.1 Å². The monoisotopic (exact) mass is 479 g/mol. The standard InChI is InChI=1S/C27H26FNO6/c1-32-24-14-18-12-13-29(26(30)20-6-4-5-7-22(20)28)23(21(18)15-25(24)33-2)16-35-19-10-8-17(9-11-19)27(31)34-3/h4-11,14-15,23H,12-13,16H2,1-3H3/t23-/m0/s1. The molecule has 1 aliphatic rings. The molecular formula is C27H26FNO6. The van der Waals surface area contributed by atoms with Crippen LogP contribution in [0, 0.1) is 5.82 Å². The van der Waals surface area contributed by atoms with E-state index in [1.807, 2.05) is 12.1 Å². The summed E-state index contributed by atoms with van der Waals surface area (Å²) in [6.45, 7) is 0.491. The number of ether oxygens (including phenoxy) is 4. The Morgan fingerprint density at radius 1 is 0.971 bits per heavy atom. The predicted octanol–water partition coefficient (Wildman–Crippen LogP) is 4.45. The maximum Gasteiger partial charge on any atom is 0.337 e. The molecule has 182 valence electrons. The highest BCUT2D eigenvalue weighted by molar-refractivity contribution is 5.95. The Morgan fingerprint density at radius 3 is 2.31 bits per heavy atom. The summed E-state index contributed by atoms with van der Waals surface area (Å²) in [5, 5.41) is 0. The van der Waals surface area contributed by atoms with Gasteiger partial charge < -0.3 is 23.8 Å². The topological polar surface area (TPSA) is 74.3 Å². The summed E-state index contributed by atoms with van der Waals surface area (Å²) in [6.07, 6.45) is 0.570. The van der Waals surface area contributed by atoms with E-state index in [4.69, 9.17) is 18.9 Å². The molecule has 35 heavy (non-hydrogen) atoms. The van der Waals surface area contributed by atoms with Gasteiger partial charge in [-0.2, -0.15) is 0 Å². The van der Waals surface area contributed by atoms with E-state index in [9.17, 15) is 14.0 Å². The Balaban J connectivity index is 1.67. The number of esters is 1. The summed E-state index contributed by atoms with van der Waals surface area (Å²) in [4.78, 5) is 26.7. The van der Waals surface area contributed by atoms with Crippen LogP contribution in [0.1, 0.15) is 37.9 Å². The normalized spacial score (nSPS) is 14.6. The van der Waals surface area contributed by atoms with Gasteiger partial charge in [-0.3, -0.25) is 4.79 Å². The van der Waals surface area contributed by atoms with Crippen LogP contribution < -0.4 is 14.2 Å². The van der Waals surface area contributed by atoms with Gasteiger partial charge in [0, 0.05) is 6.54 Å². The number of rotatable bonds is 7. The summed E-state index contributed by atoms with van der Waals surface area (Å²) in [7, 11) is 4.43. The highest BCUT2D eigenvalue weighted by Gasteiger charge is 2.34. The van der Waals surface area contributed by atoms with E-state index in [2.05, 4.69) is 0 Å². The second-order valence-corrected chi connectivity index (χ2v) is 7.98. The third-order valence-electron chi connectivity index (χ3n) is 6.05. The first kappa shape index (κ1) is 24.1. The second-order valence-electron chi connectivity index (χ2n) is 7.98. The minimum atomic E-state index is -0.575. The van der Waals surface area contributed by atoms with Gasteiger partial charge in [-0.25, -0.2) is 9.18 Å². The smallest absolute Gasteiger partial charge is 0.337 e. The lowest BCUT2D eigenvalue weighted by atomic mass is 9.91. The SMILES string of the molecule is COC(=O)c1ccc(OC[C@H]2c3cc(OC)c(OC)cc3CCN2C(=O)c2ccccc2F)cc1. The van der Waals surface area contributed by atoms with E-state index < -0.39 is 23.7 Å². The minimum Gasteiger partial charge on any atom is -0.493 e. The number of benzene rings is 3. The quantitative estimate of drug-likeness (QED) is 0.466. The van der Waals surface area contributed by atoms with Gasteiger partial charge in [-0.15, -0.1) is 0 Å². The van der Waals surface area contributed by atoms with Gasteiger partial charge in [0.15, 0.2) is 11.5 Å². The molecule has 0 saturated heterocycles. The predicted molar refractivity (Wildman–Crippen MR) is 127 cm³/mol. The van der Waals surface area contributed by atoms with Crippen molar-refractivity contribution in [3.8, 4) is 17.2 Å². The first-order chi connectivity index (χ1) is 17.0. The summed E-state index contributed by atoms with van der Waals surface area (Å²) >= 11 is 0. The highest BCUT2D eigenvalue weighted by atomic mass is 19.1. The van der Waals surface area contributed by atoms with E-state index in [1.54, 1.807) is 55.5 Å². The number of fused-ring (bicyclic) bond motifs is 1. The zero-order valence-corrected chi connectivity index (χ0v) is 19.7. The van der Waals surface area contributed by atoms with Crippen molar-refractivity contribution in [3.63, 3.8) is 0 Å². The van der Waals surface area contributed by atoms with Crippen LogP contribution in [0.3, 0.4) is 0 Å². The number of nitrogens with zero attached hydrogens (tertiary/aromatic N) is 1. The van der Waals surface area contributed by atoms with E-state index in [0.29, 0.717) is 35.8 Å². The number of hydrogen-bond acceptors (Lipinski definition) is 6. The van der Waals surface area contributed by atoms with E-state index in [-0.39, 0.29) is 12.2 Å². The van der Waals surface area contributed by atoms with Crippen LogP contribution in [0.4, 0.5) is 4.39 Å². The van der Waals surface area contributed by atoms with Crippen LogP contribution in [-0.4, -0.2) is 51.3 Å². The third-order valence-corrected chi connectivity index (χ3v) is 6.05. The largest absolute Gasteiger partial charge is 0.493 e. The van der Waals surface area contributed by atoms with Crippen molar-refractivity contribution in [1.82, 2.24) is 4.90 Å². The summed E-state index contributed by atoms with van der Waals surface area (Å²) in [6, 6.07) is 15.7. The molecule has 3 aromatic rings. The number of amides is 1. The number of halogens is 1. The molecule has 0 aromatic heterocycles. The van der Waals surface area contributed by atoms with Crippen molar-refractivity contribution in [2.75, 3.05) is 34.5 Å². The first-order valence-corrected chi connectivity index (χ1v) is 11.1. The Hall–Kier alpha value is -4.07. The van der Waals surface area contributed by atoms with Crippen molar-refractivity contribution >= 4 is 11.9 Å². The zero-order valence-electron chi connectivity index (χ0n) is 19.7. The molecule has 3 aromatic carbocycles. The number of hydrogen-bond donors (Lipinski definition) is 0. The van der Waals surface area contributed by atoms with Crippen molar-refractivity contribution in [3.05, 3.63) is 88.7 Å². The molecule has 0 radical (unpaired) electrons.